The van der Waals surface area contributed by atoms with Crippen molar-refractivity contribution in [2.45, 2.75) is 45.1 Å². The first-order valence-electron chi connectivity index (χ1n) is 8.37. The molecule has 0 spiro atoms. The minimum atomic E-state index is 0.205. The summed E-state index contributed by atoms with van der Waals surface area (Å²) in [7, 11) is 0. The van der Waals surface area contributed by atoms with Gasteiger partial charge in [-0.25, -0.2) is 0 Å². The lowest BCUT2D eigenvalue weighted by Gasteiger charge is -2.36. The predicted molar refractivity (Wildman–Crippen MR) is 85.1 cm³/mol. The van der Waals surface area contributed by atoms with E-state index in [4.69, 9.17) is 0 Å². The maximum absolute atomic E-state index is 12.5. The first-order valence-corrected chi connectivity index (χ1v) is 8.37. The van der Waals surface area contributed by atoms with Gasteiger partial charge in [0.15, 0.2) is 0 Å². The van der Waals surface area contributed by atoms with Crippen LogP contribution in [0.4, 0.5) is 0 Å². The van der Waals surface area contributed by atoms with Crippen molar-refractivity contribution in [1.82, 2.24) is 10.2 Å². The highest BCUT2D eigenvalue weighted by Gasteiger charge is 2.29. The van der Waals surface area contributed by atoms with Crippen molar-refractivity contribution in [3.05, 3.63) is 35.4 Å². The Bertz CT molecular complexity index is 478. The van der Waals surface area contributed by atoms with Gasteiger partial charge in [0.25, 0.3) is 0 Å². The fraction of sp³-hybridized carbons (Fsp3) is 0.611. The van der Waals surface area contributed by atoms with Crippen molar-refractivity contribution in [2.75, 3.05) is 19.6 Å². The van der Waals surface area contributed by atoms with Crippen LogP contribution in [0.5, 0.6) is 0 Å². The molecule has 0 bridgehead atoms. The summed E-state index contributed by atoms with van der Waals surface area (Å²) in [5.74, 6) is 1.17. The first kappa shape index (κ1) is 14.6. The van der Waals surface area contributed by atoms with Crippen molar-refractivity contribution in [1.29, 1.82) is 0 Å². The molecule has 1 aromatic carbocycles. The van der Waals surface area contributed by atoms with Gasteiger partial charge in [-0.05, 0) is 29.9 Å². The molecule has 3 nitrogen and oxygen atoms in total. The van der Waals surface area contributed by atoms with Crippen molar-refractivity contribution in [3.63, 3.8) is 0 Å². The zero-order valence-corrected chi connectivity index (χ0v) is 13.0. The van der Waals surface area contributed by atoms with E-state index in [0.717, 1.165) is 44.8 Å². The van der Waals surface area contributed by atoms with E-state index in [1.54, 1.807) is 0 Å². The number of carbonyl (C=O) groups is 1. The predicted octanol–water partition coefficient (Wildman–Crippen LogP) is 2.91. The molecule has 21 heavy (non-hydrogen) atoms. The highest BCUT2D eigenvalue weighted by molar-refractivity contribution is 5.77. The molecule has 1 aliphatic carbocycles. The number of nitrogens with one attached hydrogen (secondary N) is 1. The third-order valence-electron chi connectivity index (χ3n) is 4.80. The third-order valence-corrected chi connectivity index (χ3v) is 4.80. The lowest BCUT2D eigenvalue weighted by Crippen LogP contribution is -2.48. The minimum absolute atomic E-state index is 0.205. The lowest BCUT2D eigenvalue weighted by molar-refractivity contribution is -0.134. The molecule has 3 heteroatoms. The van der Waals surface area contributed by atoms with Crippen LogP contribution in [0.2, 0.25) is 0 Å². The molecule has 1 unspecified atom stereocenters. The van der Waals surface area contributed by atoms with Gasteiger partial charge in [0.05, 0.1) is 6.04 Å². The second kappa shape index (κ2) is 6.61. The maximum Gasteiger partial charge on any atom is 0.223 e. The van der Waals surface area contributed by atoms with Crippen molar-refractivity contribution in [2.24, 2.45) is 5.92 Å². The van der Waals surface area contributed by atoms with E-state index in [2.05, 4.69) is 41.4 Å². The van der Waals surface area contributed by atoms with Crippen molar-refractivity contribution >= 4 is 5.91 Å². The Labute approximate surface area is 127 Å². The zero-order valence-electron chi connectivity index (χ0n) is 13.0. The average molecular weight is 286 g/mol. The molecule has 1 amide bonds. The number of aryl methyl sites for hydroxylation is 1. The van der Waals surface area contributed by atoms with Crippen LogP contribution in [0, 0.1) is 5.92 Å². The van der Waals surface area contributed by atoms with E-state index in [9.17, 15) is 4.79 Å². The van der Waals surface area contributed by atoms with Crippen molar-refractivity contribution in [3.8, 4) is 0 Å². The summed E-state index contributed by atoms with van der Waals surface area (Å²) >= 11 is 0. The Morgan fingerprint density at radius 3 is 2.71 bits per heavy atom. The highest BCUT2D eigenvalue weighted by atomic mass is 16.2. The number of hydrogen-bond acceptors (Lipinski definition) is 2. The van der Waals surface area contributed by atoms with Crippen LogP contribution in [-0.4, -0.2) is 30.4 Å². The van der Waals surface area contributed by atoms with Crippen LogP contribution < -0.4 is 5.32 Å². The number of nitrogens with zero attached hydrogens (tertiary/aromatic N) is 1. The summed E-state index contributed by atoms with van der Waals surface area (Å²) in [4.78, 5) is 14.6. The van der Waals surface area contributed by atoms with E-state index in [-0.39, 0.29) is 6.04 Å². The minimum Gasteiger partial charge on any atom is -0.333 e. The summed E-state index contributed by atoms with van der Waals surface area (Å²) in [6, 6.07) is 8.97. The van der Waals surface area contributed by atoms with E-state index in [1.807, 2.05) is 0 Å². The third kappa shape index (κ3) is 3.65. The summed E-state index contributed by atoms with van der Waals surface area (Å²) in [5, 5.41) is 3.43. The normalized spacial score (nSPS) is 22.3. The number of amides is 1. The molecule has 2 fully saturated rings. The van der Waals surface area contributed by atoms with Crippen LogP contribution in [0.15, 0.2) is 24.3 Å². The molecule has 1 N–H and O–H groups in total. The second-order valence-corrected chi connectivity index (χ2v) is 6.38. The molecule has 1 saturated carbocycles. The highest BCUT2D eigenvalue weighted by Crippen LogP contribution is 2.34. The topological polar surface area (TPSA) is 32.3 Å². The first-order chi connectivity index (χ1) is 10.3. The molecule has 1 heterocycles. The second-order valence-electron chi connectivity index (χ2n) is 6.38. The SMILES string of the molecule is CCc1ccc(C2CNCCN2C(=O)CCC2CC2)cc1. The fourth-order valence-corrected chi connectivity index (χ4v) is 3.15. The quantitative estimate of drug-likeness (QED) is 0.902. The monoisotopic (exact) mass is 286 g/mol. The van der Waals surface area contributed by atoms with Crippen LogP contribution in [-0.2, 0) is 11.2 Å². The lowest BCUT2D eigenvalue weighted by atomic mass is 10.00. The molecule has 2 aliphatic rings. The van der Waals surface area contributed by atoms with Gasteiger partial charge < -0.3 is 10.2 Å². The van der Waals surface area contributed by atoms with Crippen LogP contribution >= 0.6 is 0 Å². The largest absolute Gasteiger partial charge is 0.333 e. The Morgan fingerprint density at radius 2 is 2.05 bits per heavy atom. The molecule has 3 rings (SSSR count). The van der Waals surface area contributed by atoms with Crippen LogP contribution in [0.3, 0.4) is 0 Å². The van der Waals surface area contributed by atoms with Gasteiger partial charge in [-0.15, -0.1) is 0 Å². The summed E-state index contributed by atoms with van der Waals surface area (Å²) in [5.41, 5.74) is 2.62. The summed E-state index contributed by atoms with van der Waals surface area (Å²) in [6.45, 7) is 4.80. The van der Waals surface area contributed by atoms with Crippen molar-refractivity contribution < 1.29 is 4.79 Å². The number of piperazine rings is 1. The zero-order chi connectivity index (χ0) is 14.7. The number of rotatable bonds is 5. The Morgan fingerprint density at radius 1 is 1.29 bits per heavy atom. The van der Waals surface area contributed by atoms with Crippen LogP contribution in [0.1, 0.15) is 49.8 Å². The number of hydrogen-bond donors (Lipinski definition) is 1. The molecule has 1 atom stereocenters. The molecular weight excluding hydrogens is 260 g/mol. The Hall–Kier alpha value is -1.35. The molecule has 114 valence electrons. The Kier molecular flexibility index (Phi) is 4.59. The molecular formula is C18H26N2O. The van der Waals surface area contributed by atoms with E-state index >= 15 is 0 Å². The average Bonchev–Trinajstić information content (AvgIpc) is 3.37. The number of carbonyl (C=O) groups excluding carboxylic acids is 1. The summed E-state index contributed by atoms with van der Waals surface area (Å²) in [6.07, 6.45) is 5.54. The standard InChI is InChI=1S/C18H26N2O/c1-2-14-5-8-16(9-6-14)17-13-19-11-12-20(17)18(21)10-7-15-3-4-15/h5-6,8-9,15,17,19H,2-4,7,10-13H2,1H3. The summed E-state index contributed by atoms with van der Waals surface area (Å²) < 4.78 is 0. The maximum atomic E-state index is 12.5. The van der Waals surface area contributed by atoms with E-state index in [1.165, 1.54) is 24.0 Å². The Balaban J connectivity index is 1.68. The van der Waals surface area contributed by atoms with E-state index in [0.29, 0.717) is 5.91 Å². The van der Waals surface area contributed by atoms with Gasteiger partial charge in [-0.2, -0.15) is 0 Å². The number of benzene rings is 1. The molecule has 1 saturated heterocycles. The van der Waals surface area contributed by atoms with Gasteiger partial charge in [0.2, 0.25) is 5.91 Å². The molecule has 1 aliphatic heterocycles. The molecule has 0 aromatic heterocycles. The smallest absolute Gasteiger partial charge is 0.223 e. The molecule has 1 aromatic rings. The van der Waals surface area contributed by atoms with Gasteiger partial charge >= 0.3 is 0 Å². The van der Waals surface area contributed by atoms with Gasteiger partial charge in [-0.1, -0.05) is 44.0 Å². The fourth-order valence-electron chi connectivity index (χ4n) is 3.15. The van der Waals surface area contributed by atoms with Gasteiger partial charge in [0.1, 0.15) is 0 Å². The van der Waals surface area contributed by atoms with Gasteiger partial charge in [-0.3, -0.25) is 4.79 Å². The van der Waals surface area contributed by atoms with E-state index < -0.39 is 0 Å². The van der Waals surface area contributed by atoms with Crippen LogP contribution in [0.25, 0.3) is 0 Å². The molecule has 0 radical (unpaired) electrons. The van der Waals surface area contributed by atoms with Gasteiger partial charge in [0, 0.05) is 26.1 Å².